The topological polar surface area (TPSA) is 111 Å². The predicted octanol–water partition coefficient (Wildman–Crippen LogP) is 3.79. The molecule has 0 radical (unpaired) electrons. The van der Waals surface area contributed by atoms with E-state index in [2.05, 4.69) is 17.8 Å². The molecule has 30 heavy (non-hydrogen) atoms. The first-order valence-corrected chi connectivity index (χ1v) is 8.51. The highest BCUT2D eigenvalue weighted by Crippen LogP contribution is 2.41. The maximum atomic E-state index is 9.84. The normalized spacial score (nSPS) is 9.77. The lowest BCUT2D eigenvalue weighted by atomic mass is 10.0. The van der Waals surface area contributed by atoms with E-state index in [0.29, 0.717) is 11.1 Å². The van der Waals surface area contributed by atoms with Crippen LogP contribution >= 0.6 is 0 Å². The maximum Gasteiger partial charge on any atom is 0.162 e. The summed E-state index contributed by atoms with van der Waals surface area (Å²) in [6.07, 6.45) is 17.0. The van der Waals surface area contributed by atoms with Crippen molar-refractivity contribution in [2.24, 2.45) is 0 Å². The molecule has 0 heterocycles. The second kappa shape index (κ2) is 8.02. The summed E-state index contributed by atoms with van der Waals surface area (Å²) in [5.74, 6) is 7.91. The number of nitrogens with two attached hydrogens (primary N) is 2. The molecule has 0 saturated carbocycles. The molecule has 146 valence electrons. The maximum absolute atomic E-state index is 9.84. The fraction of sp³-hybridized carbons (Fsp3) is 0. The molecule has 6 N–H and O–H groups in total. The van der Waals surface area contributed by atoms with Crippen LogP contribution in [0.1, 0.15) is 16.7 Å². The van der Waals surface area contributed by atoms with Gasteiger partial charge in [-0.15, -0.1) is 19.3 Å². The Labute approximate surface area is 173 Å². The first kappa shape index (κ1) is 19.9. The van der Waals surface area contributed by atoms with Crippen LogP contribution in [-0.4, -0.2) is 10.2 Å². The van der Waals surface area contributed by atoms with Crippen LogP contribution in [0, 0.1) is 37.0 Å². The molecule has 0 unspecified atom stereocenters. The fourth-order valence-electron chi connectivity index (χ4n) is 2.62. The van der Waals surface area contributed by atoms with Crippen LogP contribution in [0.5, 0.6) is 34.5 Å². The van der Waals surface area contributed by atoms with Gasteiger partial charge in [0.2, 0.25) is 0 Å². The van der Waals surface area contributed by atoms with Gasteiger partial charge >= 0.3 is 0 Å². The molecule has 3 aromatic rings. The molecule has 0 fully saturated rings. The molecule has 0 aliphatic carbocycles. The summed E-state index contributed by atoms with van der Waals surface area (Å²) in [5, 5.41) is 19.7. The highest BCUT2D eigenvalue weighted by molar-refractivity contribution is 5.70. The van der Waals surface area contributed by atoms with Crippen LogP contribution in [0.2, 0.25) is 0 Å². The van der Waals surface area contributed by atoms with E-state index in [-0.39, 0.29) is 51.4 Å². The smallest absolute Gasteiger partial charge is 0.162 e. The molecule has 0 bridgehead atoms. The number of aromatic hydroxyl groups is 2. The number of hydrogen-bond donors (Lipinski definition) is 4. The van der Waals surface area contributed by atoms with Gasteiger partial charge in [0, 0.05) is 12.1 Å². The first-order valence-electron chi connectivity index (χ1n) is 8.51. The molecule has 0 spiro atoms. The van der Waals surface area contributed by atoms with Gasteiger partial charge in [0.15, 0.2) is 11.5 Å². The van der Waals surface area contributed by atoms with E-state index in [1.165, 1.54) is 30.3 Å². The monoisotopic (exact) mass is 396 g/mol. The van der Waals surface area contributed by atoms with Crippen molar-refractivity contribution in [1.29, 1.82) is 0 Å². The number of benzene rings is 3. The lowest BCUT2D eigenvalue weighted by molar-refractivity contribution is 0.442. The van der Waals surface area contributed by atoms with E-state index in [1.54, 1.807) is 12.1 Å². The Bertz CT molecular complexity index is 1180. The lowest BCUT2D eigenvalue weighted by Gasteiger charge is -2.17. The molecule has 0 aromatic heterocycles. The second-order valence-corrected chi connectivity index (χ2v) is 6.08. The SMILES string of the molecule is C#Cc1cc(C#C)c(Oc2ccc(N)c(O)c2)c(C#C)c1Oc1ccc(N)c(O)c1. The number of anilines is 2. The number of hydrogen-bond acceptors (Lipinski definition) is 6. The summed E-state index contributed by atoms with van der Waals surface area (Å²) in [6.45, 7) is 0. The molecular formula is C24H16N2O4. The van der Waals surface area contributed by atoms with E-state index < -0.39 is 0 Å². The van der Waals surface area contributed by atoms with Crippen LogP contribution in [-0.2, 0) is 0 Å². The molecule has 0 atom stereocenters. The molecule has 0 aliphatic heterocycles. The minimum atomic E-state index is -0.161. The average Bonchev–Trinajstić information content (AvgIpc) is 2.73. The van der Waals surface area contributed by atoms with Crippen LogP contribution in [0.15, 0.2) is 42.5 Å². The molecule has 3 rings (SSSR count). The Kier molecular flexibility index (Phi) is 5.32. The van der Waals surface area contributed by atoms with Gasteiger partial charge < -0.3 is 31.2 Å². The predicted molar refractivity (Wildman–Crippen MR) is 115 cm³/mol. The molecule has 0 aliphatic rings. The molecule has 6 nitrogen and oxygen atoms in total. The Hall–Kier alpha value is -4.86. The van der Waals surface area contributed by atoms with Crippen molar-refractivity contribution in [1.82, 2.24) is 0 Å². The second-order valence-electron chi connectivity index (χ2n) is 6.08. The van der Waals surface area contributed by atoms with Crippen molar-refractivity contribution in [3.05, 3.63) is 59.2 Å². The highest BCUT2D eigenvalue weighted by Gasteiger charge is 2.20. The van der Waals surface area contributed by atoms with E-state index in [1.807, 2.05) is 0 Å². The van der Waals surface area contributed by atoms with Gasteiger partial charge in [0.25, 0.3) is 0 Å². The minimum Gasteiger partial charge on any atom is -0.506 e. The summed E-state index contributed by atoms with van der Waals surface area (Å²) in [7, 11) is 0. The zero-order valence-corrected chi connectivity index (χ0v) is 15.6. The number of rotatable bonds is 4. The summed E-state index contributed by atoms with van der Waals surface area (Å²) >= 11 is 0. The number of phenolic OH excluding ortho intramolecular Hbond substituents is 2. The highest BCUT2D eigenvalue weighted by atomic mass is 16.5. The molecular weight excluding hydrogens is 380 g/mol. The number of terminal acetylenes is 3. The molecule has 3 aromatic carbocycles. The van der Waals surface area contributed by atoms with Gasteiger partial charge in [-0.3, -0.25) is 0 Å². The molecule has 0 amide bonds. The van der Waals surface area contributed by atoms with Gasteiger partial charge in [-0.1, -0.05) is 17.8 Å². The zero-order chi connectivity index (χ0) is 21.8. The van der Waals surface area contributed by atoms with Gasteiger partial charge in [0.05, 0.1) is 22.5 Å². The van der Waals surface area contributed by atoms with Gasteiger partial charge in [-0.05, 0) is 30.3 Å². The number of nitrogen functional groups attached to an aromatic ring is 2. The Morgan fingerprint density at radius 2 is 1.10 bits per heavy atom. The van der Waals surface area contributed by atoms with Crippen LogP contribution in [0.25, 0.3) is 0 Å². The van der Waals surface area contributed by atoms with E-state index in [9.17, 15) is 10.2 Å². The van der Waals surface area contributed by atoms with Gasteiger partial charge in [-0.25, -0.2) is 0 Å². The zero-order valence-electron chi connectivity index (χ0n) is 15.6. The third-order valence-electron chi connectivity index (χ3n) is 4.13. The third-order valence-corrected chi connectivity index (χ3v) is 4.13. The molecule has 6 heteroatoms. The van der Waals surface area contributed by atoms with Crippen molar-refractivity contribution in [2.75, 3.05) is 11.5 Å². The Balaban J connectivity index is 2.16. The summed E-state index contributed by atoms with van der Waals surface area (Å²) in [5.41, 5.74) is 12.4. The van der Waals surface area contributed by atoms with E-state index in [4.69, 9.17) is 40.2 Å². The van der Waals surface area contributed by atoms with E-state index >= 15 is 0 Å². The van der Waals surface area contributed by atoms with Crippen molar-refractivity contribution >= 4 is 11.4 Å². The van der Waals surface area contributed by atoms with Crippen LogP contribution in [0.3, 0.4) is 0 Å². The lowest BCUT2D eigenvalue weighted by Crippen LogP contribution is -2.00. The van der Waals surface area contributed by atoms with Gasteiger partial charge in [0.1, 0.15) is 28.6 Å². The number of ether oxygens (including phenoxy) is 2. The quantitative estimate of drug-likeness (QED) is 0.303. The van der Waals surface area contributed by atoms with Crippen LogP contribution < -0.4 is 20.9 Å². The number of phenols is 2. The van der Waals surface area contributed by atoms with Crippen LogP contribution in [0.4, 0.5) is 11.4 Å². The van der Waals surface area contributed by atoms with Crippen molar-refractivity contribution in [3.63, 3.8) is 0 Å². The van der Waals surface area contributed by atoms with Crippen molar-refractivity contribution < 1.29 is 19.7 Å². The standard InChI is InChI=1S/C24H16N2O4/c1-4-14-11-15(5-2)24(30-17-8-10-20(26)22(28)13-17)18(6-3)23(14)29-16-7-9-19(25)21(27)12-16/h1-3,7-13,27-28H,25-26H2. The van der Waals surface area contributed by atoms with Gasteiger partial charge in [-0.2, -0.15) is 0 Å². The van der Waals surface area contributed by atoms with Crippen molar-refractivity contribution in [3.8, 4) is 71.5 Å². The fourth-order valence-corrected chi connectivity index (χ4v) is 2.62. The summed E-state index contributed by atoms with van der Waals surface area (Å²) in [6, 6.07) is 10.2. The third kappa shape index (κ3) is 3.73. The summed E-state index contributed by atoms with van der Waals surface area (Å²) in [4.78, 5) is 0. The molecule has 0 saturated heterocycles. The average molecular weight is 396 g/mol. The minimum absolute atomic E-state index is 0.137. The summed E-state index contributed by atoms with van der Waals surface area (Å²) < 4.78 is 11.7. The van der Waals surface area contributed by atoms with Crippen molar-refractivity contribution in [2.45, 2.75) is 0 Å². The largest absolute Gasteiger partial charge is 0.506 e. The first-order chi connectivity index (χ1) is 14.4. The Morgan fingerprint density at radius 3 is 1.43 bits per heavy atom. The Morgan fingerprint density at radius 1 is 0.667 bits per heavy atom. The van der Waals surface area contributed by atoms with E-state index in [0.717, 1.165) is 0 Å².